The fraction of sp³-hybridized carbons (Fsp3) is 0.550. The summed E-state index contributed by atoms with van der Waals surface area (Å²) < 4.78 is 0. The van der Waals surface area contributed by atoms with Crippen LogP contribution in [0.3, 0.4) is 0 Å². The molecule has 0 bridgehead atoms. The SMILES string of the molecule is CC(C)C(N)C(C)NCc1ccc2c(c1)CN(C1CCC(=O)NC1=O)C2=O. The predicted molar refractivity (Wildman–Crippen MR) is 102 cm³/mol. The monoisotopic (exact) mass is 372 g/mol. The number of piperidine rings is 1. The lowest BCUT2D eigenvalue weighted by Gasteiger charge is -2.29. The molecule has 7 nitrogen and oxygen atoms in total. The van der Waals surface area contributed by atoms with E-state index < -0.39 is 6.04 Å². The highest BCUT2D eigenvalue weighted by Gasteiger charge is 2.39. The van der Waals surface area contributed by atoms with Gasteiger partial charge in [-0.15, -0.1) is 0 Å². The van der Waals surface area contributed by atoms with Crippen molar-refractivity contribution in [3.05, 3.63) is 34.9 Å². The summed E-state index contributed by atoms with van der Waals surface area (Å²) in [5.74, 6) is -0.408. The van der Waals surface area contributed by atoms with Crippen molar-refractivity contribution in [3.63, 3.8) is 0 Å². The third-order valence-electron chi connectivity index (χ3n) is 5.56. The van der Waals surface area contributed by atoms with Gasteiger partial charge in [0.15, 0.2) is 0 Å². The molecule has 1 aromatic rings. The molecule has 0 saturated carbocycles. The zero-order chi connectivity index (χ0) is 19.7. The van der Waals surface area contributed by atoms with Crippen molar-refractivity contribution in [2.75, 3.05) is 0 Å². The molecule has 3 unspecified atom stereocenters. The molecule has 146 valence electrons. The molecule has 1 saturated heterocycles. The van der Waals surface area contributed by atoms with Gasteiger partial charge in [0.2, 0.25) is 11.8 Å². The number of carbonyl (C=O) groups is 3. The van der Waals surface area contributed by atoms with Crippen molar-refractivity contribution in [2.45, 2.75) is 64.8 Å². The Kier molecular flexibility index (Phi) is 5.62. The van der Waals surface area contributed by atoms with Gasteiger partial charge in [0.25, 0.3) is 5.91 Å². The number of amides is 3. The van der Waals surface area contributed by atoms with E-state index in [0.717, 1.165) is 11.1 Å². The van der Waals surface area contributed by atoms with Gasteiger partial charge in [-0.25, -0.2) is 0 Å². The Labute approximate surface area is 159 Å². The molecule has 1 aromatic carbocycles. The van der Waals surface area contributed by atoms with Crippen LogP contribution in [-0.2, 0) is 22.7 Å². The molecule has 3 amide bonds. The van der Waals surface area contributed by atoms with E-state index in [2.05, 4.69) is 31.4 Å². The van der Waals surface area contributed by atoms with Gasteiger partial charge in [-0.3, -0.25) is 19.7 Å². The van der Waals surface area contributed by atoms with E-state index in [-0.39, 0.29) is 36.2 Å². The second-order valence-electron chi connectivity index (χ2n) is 7.88. The fourth-order valence-corrected chi connectivity index (χ4v) is 3.73. The van der Waals surface area contributed by atoms with Gasteiger partial charge >= 0.3 is 0 Å². The molecule has 4 N–H and O–H groups in total. The first-order valence-electron chi connectivity index (χ1n) is 9.53. The Morgan fingerprint density at radius 3 is 2.67 bits per heavy atom. The summed E-state index contributed by atoms with van der Waals surface area (Å²) in [5, 5.41) is 5.77. The number of imide groups is 1. The van der Waals surface area contributed by atoms with Crippen LogP contribution in [0.25, 0.3) is 0 Å². The minimum absolute atomic E-state index is 0.0732. The molecular weight excluding hydrogens is 344 g/mol. The Hall–Kier alpha value is -2.25. The van der Waals surface area contributed by atoms with E-state index in [1.165, 1.54) is 0 Å². The molecule has 0 radical (unpaired) electrons. The molecule has 1 fully saturated rings. The van der Waals surface area contributed by atoms with Crippen molar-refractivity contribution in [1.82, 2.24) is 15.5 Å². The van der Waals surface area contributed by atoms with E-state index in [4.69, 9.17) is 5.73 Å². The van der Waals surface area contributed by atoms with Crippen LogP contribution >= 0.6 is 0 Å². The van der Waals surface area contributed by atoms with Crippen molar-refractivity contribution in [2.24, 2.45) is 11.7 Å². The summed E-state index contributed by atoms with van der Waals surface area (Å²) in [6.07, 6.45) is 0.642. The molecular formula is C20H28N4O3. The van der Waals surface area contributed by atoms with Crippen molar-refractivity contribution >= 4 is 17.7 Å². The lowest BCUT2D eigenvalue weighted by Crippen LogP contribution is -2.52. The predicted octanol–water partition coefficient (Wildman–Crippen LogP) is 0.909. The number of hydrogen-bond donors (Lipinski definition) is 3. The van der Waals surface area contributed by atoms with Crippen molar-refractivity contribution in [1.29, 1.82) is 0 Å². The van der Waals surface area contributed by atoms with E-state index in [0.29, 0.717) is 31.0 Å². The molecule has 3 atom stereocenters. The standard InChI is InChI=1S/C20H28N4O3/c1-11(2)18(21)12(3)22-9-13-4-5-15-14(8-13)10-24(20(15)27)16-6-7-17(25)23-19(16)26/h4-5,8,11-12,16,18,22H,6-7,9-10,21H2,1-3H3,(H,23,25,26). The Morgan fingerprint density at radius 2 is 2.00 bits per heavy atom. The van der Waals surface area contributed by atoms with E-state index >= 15 is 0 Å². The zero-order valence-corrected chi connectivity index (χ0v) is 16.1. The number of carbonyl (C=O) groups excluding carboxylic acids is 3. The van der Waals surface area contributed by atoms with Crippen LogP contribution in [0.4, 0.5) is 0 Å². The molecule has 0 spiro atoms. The van der Waals surface area contributed by atoms with Gasteiger partial charge in [0, 0.05) is 37.2 Å². The topological polar surface area (TPSA) is 105 Å². The highest BCUT2D eigenvalue weighted by atomic mass is 16.2. The third-order valence-corrected chi connectivity index (χ3v) is 5.56. The Balaban J connectivity index is 1.67. The maximum absolute atomic E-state index is 12.7. The smallest absolute Gasteiger partial charge is 0.255 e. The van der Waals surface area contributed by atoms with E-state index in [1.54, 1.807) is 4.90 Å². The van der Waals surface area contributed by atoms with Gasteiger partial charge in [-0.2, -0.15) is 0 Å². The summed E-state index contributed by atoms with van der Waals surface area (Å²) in [6, 6.07) is 5.45. The summed E-state index contributed by atoms with van der Waals surface area (Å²) in [5.41, 5.74) is 8.81. The fourth-order valence-electron chi connectivity index (χ4n) is 3.73. The highest BCUT2D eigenvalue weighted by Crippen LogP contribution is 2.28. The maximum Gasteiger partial charge on any atom is 0.255 e. The van der Waals surface area contributed by atoms with Crippen LogP contribution in [0.1, 0.15) is 55.1 Å². The van der Waals surface area contributed by atoms with Gasteiger partial charge in [0.05, 0.1) is 0 Å². The van der Waals surface area contributed by atoms with Crippen LogP contribution in [0.5, 0.6) is 0 Å². The van der Waals surface area contributed by atoms with Gasteiger partial charge in [-0.05, 0) is 36.5 Å². The Bertz CT molecular complexity index is 762. The van der Waals surface area contributed by atoms with Gasteiger partial charge in [-0.1, -0.05) is 26.0 Å². The second-order valence-corrected chi connectivity index (χ2v) is 7.88. The third kappa shape index (κ3) is 4.04. The zero-order valence-electron chi connectivity index (χ0n) is 16.1. The van der Waals surface area contributed by atoms with E-state index in [1.807, 2.05) is 18.2 Å². The largest absolute Gasteiger partial charge is 0.326 e. The highest BCUT2D eigenvalue weighted by molar-refractivity contribution is 6.05. The first-order valence-corrected chi connectivity index (χ1v) is 9.53. The lowest BCUT2D eigenvalue weighted by molar-refractivity contribution is -0.136. The average Bonchev–Trinajstić information content (AvgIpc) is 2.95. The van der Waals surface area contributed by atoms with Crippen LogP contribution < -0.4 is 16.4 Å². The maximum atomic E-state index is 12.7. The second kappa shape index (κ2) is 7.78. The molecule has 0 aliphatic carbocycles. The summed E-state index contributed by atoms with van der Waals surface area (Å²) >= 11 is 0. The molecule has 2 aliphatic heterocycles. The number of hydrogen-bond acceptors (Lipinski definition) is 5. The first kappa shape index (κ1) is 19.5. The number of nitrogens with zero attached hydrogens (tertiary/aromatic N) is 1. The number of nitrogens with two attached hydrogens (primary N) is 1. The van der Waals surface area contributed by atoms with Crippen molar-refractivity contribution in [3.8, 4) is 0 Å². The molecule has 7 heteroatoms. The van der Waals surface area contributed by atoms with Gasteiger partial charge < -0.3 is 16.0 Å². The molecule has 2 aliphatic rings. The molecule has 0 aromatic heterocycles. The minimum Gasteiger partial charge on any atom is -0.326 e. The molecule has 3 rings (SSSR count). The number of benzene rings is 1. The van der Waals surface area contributed by atoms with Gasteiger partial charge in [0.1, 0.15) is 6.04 Å². The first-order chi connectivity index (χ1) is 12.8. The molecule has 2 heterocycles. The molecule has 27 heavy (non-hydrogen) atoms. The normalized spacial score (nSPS) is 22.0. The minimum atomic E-state index is -0.576. The summed E-state index contributed by atoms with van der Waals surface area (Å²) in [7, 11) is 0. The summed E-state index contributed by atoms with van der Waals surface area (Å²) in [4.78, 5) is 37.7. The van der Waals surface area contributed by atoms with E-state index in [9.17, 15) is 14.4 Å². The quantitative estimate of drug-likeness (QED) is 0.644. The Morgan fingerprint density at radius 1 is 1.26 bits per heavy atom. The number of nitrogens with one attached hydrogen (secondary N) is 2. The number of fused-ring (bicyclic) bond motifs is 1. The van der Waals surface area contributed by atoms with Crippen LogP contribution in [0, 0.1) is 5.92 Å². The summed E-state index contributed by atoms with van der Waals surface area (Å²) in [6.45, 7) is 7.35. The number of rotatable bonds is 6. The lowest BCUT2D eigenvalue weighted by atomic mass is 9.98. The van der Waals surface area contributed by atoms with Crippen LogP contribution in [0.2, 0.25) is 0 Å². The van der Waals surface area contributed by atoms with Crippen LogP contribution in [0.15, 0.2) is 18.2 Å². The van der Waals surface area contributed by atoms with Crippen LogP contribution in [-0.4, -0.2) is 40.7 Å². The average molecular weight is 372 g/mol. The van der Waals surface area contributed by atoms with Crippen molar-refractivity contribution < 1.29 is 14.4 Å².